The van der Waals surface area contributed by atoms with Crippen LogP contribution in [0.3, 0.4) is 0 Å². The number of hydrogen-bond donors (Lipinski definition) is 2. The van der Waals surface area contributed by atoms with Crippen LogP contribution in [0.5, 0.6) is 0 Å². The molecule has 0 saturated carbocycles. The molecule has 0 fully saturated rings. The number of guanidine groups is 1. The van der Waals surface area contributed by atoms with E-state index in [1.807, 2.05) is 20.8 Å². The van der Waals surface area contributed by atoms with Gasteiger partial charge in [0, 0.05) is 18.0 Å². The standard InChI is InChI=1S/C12H19F3N4S.HI/c1-4-16-11(17-6-5-12(13,14)15)18-7-10-19-8(2)9(3)20-10;/h4-7H2,1-3H3,(H2,16,17,18);1H. The van der Waals surface area contributed by atoms with Gasteiger partial charge in [-0.15, -0.1) is 35.3 Å². The van der Waals surface area contributed by atoms with Gasteiger partial charge in [0.1, 0.15) is 5.01 Å². The Hall–Kier alpha value is -0.580. The second-order valence-electron chi connectivity index (χ2n) is 4.24. The molecule has 122 valence electrons. The van der Waals surface area contributed by atoms with Gasteiger partial charge in [0.25, 0.3) is 0 Å². The average Bonchev–Trinajstić information content (AvgIpc) is 2.64. The van der Waals surface area contributed by atoms with Crippen LogP contribution in [0.15, 0.2) is 4.99 Å². The van der Waals surface area contributed by atoms with Gasteiger partial charge in [-0.25, -0.2) is 9.98 Å². The third kappa shape index (κ3) is 8.44. The molecule has 0 atom stereocenters. The highest BCUT2D eigenvalue weighted by Gasteiger charge is 2.26. The number of halogens is 4. The van der Waals surface area contributed by atoms with E-state index in [9.17, 15) is 13.2 Å². The molecule has 1 aromatic rings. The second-order valence-corrected chi connectivity index (χ2v) is 5.52. The molecule has 21 heavy (non-hydrogen) atoms. The Labute approximate surface area is 143 Å². The summed E-state index contributed by atoms with van der Waals surface area (Å²) in [5.41, 5.74) is 0.968. The fraction of sp³-hybridized carbons (Fsp3) is 0.667. The first-order valence-corrected chi connectivity index (χ1v) is 7.15. The van der Waals surface area contributed by atoms with Crippen molar-refractivity contribution in [1.82, 2.24) is 15.6 Å². The summed E-state index contributed by atoms with van der Waals surface area (Å²) in [6.45, 7) is 6.53. The first-order valence-electron chi connectivity index (χ1n) is 6.33. The van der Waals surface area contributed by atoms with Crippen LogP contribution in [-0.2, 0) is 6.54 Å². The molecule has 0 amide bonds. The van der Waals surface area contributed by atoms with E-state index in [4.69, 9.17) is 0 Å². The Bertz CT molecular complexity index is 440. The number of hydrogen-bond acceptors (Lipinski definition) is 3. The van der Waals surface area contributed by atoms with Crippen molar-refractivity contribution in [1.29, 1.82) is 0 Å². The highest BCUT2D eigenvalue weighted by molar-refractivity contribution is 14.0. The van der Waals surface area contributed by atoms with Crippen molar-refractivity contribution in [3.63, 3.8) is 0 Å². The van der Waals surface area contributed by atoms with E-state index in [0.717, 1.165) is 15.6 Å². The van der Waals surface area contributed by atoms with E-state index in [0.29, 0.717) is 19.0 Å². The SMILES string of the molecule is CCNC(=NCc1nc(C)c(C)s1)NCCC(F)(F)F.I. The Morgan fingerprint density at radius 2 is 1.95 bits per heavy atom. The molecule has 2 N–H and O–H groups in total. The Morgan fingerprint density at radius 1 is 1.29 bits per heavy atom. The van der Waals surface area contributed by atoms with E-state index < -0.39 is 12.6 Å². The minimum absolute atomic E-state index is 0. The van der Waals surface area contributed by atoms with Crippen LogP contribution in [0.4, 0.5) is 13.2 Å². The molecule has 0 aliphatic heterocycles. The molecule has 1 heterocycles. The maximum atomic E-state index is 12.1. The quantitative estimate of drug-likeness (QED) is 0.423. The third-order valence-corrected chi connectivity index (χ3v) is 3.55. The summed E-state index contributed by atoms with van der Waals surface area (Å²) in [6, 6.07) is 0. The first kappa shape index (κ1) is 20.4. The Kier molecular flexibility index (Phi) is 9.18. The van der Waals surface area contributed by atoms with Gasteiger partial charge in [-0.1, -0.05) is 0 Å². The number of alkyl halides is 3. The first-order chi connectivity index (χ1) is 9.31. The molecular formula is C12H20F3IN4S. The summed E-state index contributed by atoms with van der Waals surface area (Å²) in [7, 11) is 0. The molecule has 0 radical (unpaired) electrons. The zero-order valence-corrected chi connectivity index (χ0v) is 15.3. The van der Waals surface area contributed by atoms with Crippen LogP contribution in [-0.4, -0.2) is 30.2 Å². The molecule has 0 aliphatic rings. The van der Waals surface area contributed by atoms with Crippen LogP contribution in [0, 0.1) is 13.8 Å². The maximum Gasteiger partial charge on any atom is 0.390 e. The van der Waals surface area contributed by atoms with Crippen LogP contribution >= 0.6 is 35.3 Å². The molecule has 4 nitrogen and oxygen atoms in total. The zero-order chi connectivity index (χ0) is 15.2. The van der Waals surface area contributed by atoms with Crippen molar-refractivity contribution >= 4 is 41.3 Å². The van der Waals surface area contributed by atoms with Gasteiger partial charge in [-0.2, -0.15) is 13.2 Å². The number of aromatic nitrogens is 1. The van der Waals surface area contributed by atoms with Crippen molar-refractivity contribution in [2.24, 2.45) is 4.99 Å². The van der Waals surface area contributed by atoms with Crippen LogP contribution < -0.4 is 10.6 Å². The van der Waals surface area contributed by atoms with Gasteiger partial charge in [0.15, 0.2) is 5.96 Å². The topological polar surface area (TPSA) is 49.3 Å². The van der Waals surface area contributed by atoms with Crippen LogP contribution in [0.2, 0.25) is 0 Å². The molecule has 1 aromatic heterocycles. The number of aliphatic imine (C=N–C) groups is 1. The lowest BCUT2D eigenvalue weighted by molar-refractivity contribution is -0.132. The molecule has 0 bridgehead atoms. The van der Waals surface area contributed by atoms with Crippen molar-refractivity contribution < 1.29 is 13.2 Å². The fourth-order valence-corrected chi connectivity index (χ4v) is 2.28. The number of thiazole rings is 1. The average molecular weight is 436 g/mol. The van der Waals surface area contributed by atoms with Crippen molar-refractivity contribution in [2.75, 3.05) is 13.1 Å². The van der Waals surface area contributed by atoms with Gasteiger partial charge >= 0.3 is 6.18 Å². The Balaban J connectivity index is 0.00000400. The lowest BCUT2D eigenvalue weighted by Gasteiger charge is -2.12. The molecule has 0 aromatic carbocycles. The summed E-state index contributed by atoms with van der Waals surface area (Å²) in [4.78, 5) is 9.70. The van der Waals surface area contributed by atoms with E-state index in [2.05, 4.69) is 20.6 Å². The van der Waals surface area contributed by atoms with E-state index in [-0.39, 0.29) is 30.5 Å². The van der Waals surface area contributed by atoms with Crippen molar-refractivity contribution in [2.45, 2.75) is 39.9 Å². The summed E-state index contributed by atoms with van der Waals surface area (Å²) in [5, 5.41) is 6.43. The number of aryl methyl sites for hydroxylation is 2. The molecule has 0 spiro atoms. The minimum atomic E-state index is -4.16. The monoisotopic (exact) mass is 436 g/mol. The summed E-state index contributed by atoms with van der Waals surface area (Å²) in [5.74, 6) is 0.377. The van der Waals surface area contributed by atoms with Crippen LogP contribution in [0.25, 0.3) is 0 Å². The lowest BCUT2D eigenvalue weighted by Crippen LogP contribution is -2.38. The summed E-state index contributed by atoms with van der Waals surface area (Å²) >= 11 is 1.55. The number of nitrogens with one attached hydrogen (secondary N) is 2. The second kappa shape index (κ2) is 9.44. The van der Waals surface area contributed by atoms with Gasteiger partial charge in [-0.05, 0) is 20.8 Å². The van der Waals surface area contributed by atoms with Crippen LogP contribution in [0.1, 0.15) is 28.9 Å². The largest absolute Gasteiger partial charge is 0.390 e. The fourth-order valence-electron chi connectivity index (χ4n) is 1.42. The predicted octanol–water partition coefficient (Wildman–Crippen LogP) is 3.39. The number of nitrogens with zero attached hydrogens (tertiary/aromatic N) is 2. The van der Waals surface area contributed by atoms with Gasteiger partial charge in [0.2, 0.25) is 0 Å². The highest BCUT2D eigenvalue weighted by Crippen LogP contribution is 2.18. The van der Waals surface area contributed by atoms with E-state index in [1.165, 1.54) is 0 Å². The van der Waals surface area contributed by atoms with Gasteiger partial charge < -0.3 is 10.6 Å². The van der Waals surface area contributed by atoms with Crippen molar-refractivity contribution in [3.05, 3.63) is 15.6 Å². The molecule has 1 rings (SSSR count). The van der Waals surface area contributed by atoms with E-state index >= 15 is 0 Å². The molecular weight excluding hydrogens is 416 g/mol. The molecule has 0 aliphatic carbocycles. The smallest absolute Gasteiger partial charge is 0.357 e. The highest BCUT2D eigenvalue weighted by atomic mass is 127. The summed E-state index contributed by atoms with van der Waals surface area (Å²) in [6.07, 6.45) is -5.04. The zero-order valence-electron chi connectivity index (χ0n) is 12.2. The molecule has 9 heteroatoms. The third-order valence-electron chi connectivity index (χ3n) is 2.49. The Morgan fingerprint density at radius 3 is 2.43 bits per heavy atom. The molecule has 0 saturated heterocycles. The lowest BCUT2D eigenvalue weighted by atomic mass is 10.4. The van der Waals surface area contributed by atoms with Gasteiger partial charge in [-0.3, -0.25) is 0 Å². The predicted molar refractivity (Wildman–Crippen MR) is 90.5 cm³/mol. The normalized spacial score (nSPS) is 12.0. The molecule has 0 unspecified atom stereocenters. The number of rotatable bonds is 5. The van der Waals surface area contributed by atoms with E-state index in [1.54, 1.807) is 11.3 Å². The maximum absolute atomic E-state index is 12.1. The van der Waals surface area contributed by atoms with Gasteiger partial charge in [0.05, 0.1) is 18.7 Å². The van der Waals surface area contributed by atoms with Crippen molar-refractivity contribution in [3.8, 4) is 0 Å². The summed E-state index contributed by atoms with van der Waals surface area (Å²) < 4.78 is 36.2. The minimum Gasteiger partial charge on any atom is -0.357 e.